The fourth-order valence-electron chi connectivity index (χ4n) is 1.85. The van der Waals surface area contributed by atoms with Crippen molar-refractivity contribution in [1.29, 1.82) is 0 Å². The lowest BCUT2D eigenvalue weighted by molar-refractivity contribution is 0.180. The Hall–Kier alpha value is -1.71. The summed E-state index contributed by atoms with van der Waals surface area (Å²) in [6.45, 7) is 3.05. The van der Waals surface area contributed by atoms with Gasteiger partial charge >= 0.3 is 0 Å². The summed E-state index contributed by atoms with van der Waals surface area (Å²) < 4.78 is 15.0. The van der Waals surface area contributed by atoms with Crippen LogP contribution in [-0.2, 0) is 6.54 Å². The highest BCUT2D eigenvalue weighted by Gasteiger charge is 2.19. The molecule has 0 amide bonds. The Kier molecular flexibility index (Phi) is 2.30. The van der Waals surface area contributed by atoms with Crippen LogP contribution in [0.1, 0.15) is 13.8 Å². The highest BCUT2D eigenvalue weighted by atomic mass is 19.1. The predicted molar refractivity (Wildman–Crippen MR) is 63.2 cm³/mol. The molecule has 0 aliphatic rings. The van der Waals surface area contributed by atoms with Crippen molar-refractivity contribution in [3.63, 3.8) is 0 Å². The maximum Gasteiger partial charge on any atom is 0.201 e. The van der Waals surface area contributed by atoms with Crippen LogP contribution in [0, 0.1) is 0 Å². The topological polar surface area (TPSA) is 51.2 Å². The molecule has 3 N–H and O–H groups in total. The SMILES string of the molecule is CC(C)(F)Cn1cc2cccc(N)c2c1O. The van der Waals surface area contributed by atoms with Crippen LogP contribution in [0.15, 0.2) is 24.4 Å². The third-order valence-corrected chi connectivity index (χ3v) is 2.47. The molecule has 0 saturated carbocycles. The minimum absolute atomic E-state index is 0.0267. The molecule has 0 atom stereocenters. The zero-order chi connectivity index (χ0) is 11.9. The molecular weight excluding hydrogens is 207 g/mol. The third-order valence-electron chi connectivity index (χ3n) is 2.47. The molecule has 0 bridgehead atoms. The van der Waals surface area contributed by atoms with Gasteiger partial charge in [0.2, 0.25) is 5.88 Å². The lowest BCUT2D eigenvalue weighted by Crippen LogP contribution is -2.19. The first-order chi connectivity index (χ1) is 7.38. The Labute approximate surface area is 93.3 Å². The van der Waals surface area contributed by atoms with Crippen molar-refractivity contribution in [3.8, 4) is 5.88 Å². The van der Waals surface area contributed by atoms with Crippen LogP contribution in [0.5, 0.6) is 5.88 Å². The summed E-state index contributed by atoms with van der Waals surface area (Å²) >= 11 is 0. The number of benzene rings is 1. The molecule has 2 rings (SSSR count). The molecule has 0 radical (unpaired) electrons. The number of anilines is 1. The lowest BCUT2D eigenvalue weighted by atomic mass is 10.2. The standard InChI is InChI=1S/C12H15FN2O/c1-12(2,13)7-15-6-8-4-3-5-9(14)10(8)11(15)16/h3-6,16H,7,14H2,1-2H3. The highest BCUT2D eigenvalue weighted by molar-refractivity contribution is 5.97. The Balaban J connectivity index is 2.57. The molecule has 1 aromatic carbocycles. The van der Waals surface area contributed by atoms with E-state index in [-0.39, 0.29) is 12.4 Å². The average molecular weight is 222 g/mol. The highest BCUT2D eigenvalue weighted by Crippen LogP contribution is 2.33. The van der Waals surface area contributed by atoms with Crippen LogP contribution in [0.3, 0.4) is 0 Å². The van der Waals surface area contributed by atoms with Gasteiger partial charge < -0.3 is 15.4 Å². The number of alkyl halides is 1. The summed E-state index contributed by atoms with van der Waals surface area (Å²) in [7, 11) is 0. The van der Waals surface area contributed by atoms with E-state index in [2.05, 4.69) is 0 Å². The van der Waals surface area contributed by atoms with Gasteiger partial charge in [0.1, 0.15) is 5.67 Å². The van der Waals surface area contributed by atoms with E-state index < -0.39 is 5.67 Å². The average Bonchev–Trinajstić information content (AvgIpc) is 2.42. The summed E-state index contributed by atoms with van der Waals surface area (Å²) in [6.07, 6.45) is 1.71. The minimum atomic E-state index is -1.37. The van der Waals surface area contributed by atoms with Crippen LogP contribution in [0.2, 0.25) is 0 Å². The normalized spacial score (nSPS) is 12.2. The quantitative estimate of drug-likeness (QED) is 0.767. The lowest BCUT2D eigenvalue weighted by Gasteiger charge is -2.15. The fraction of sp³-hybridized carbons (Fsp3) is 0.333. The molecule has 1 aromatic heterocycles. The predicted octanol–water partition coefficient (Wildman–Crippen LogP) is 2.68. The summed E-state index contributed by atoms with van der Waals surface area (Å²) in [5, 5.41) is 11.4. The number of aromatic hydroxyl groups is 1. The first-order valence-corrected chi connectivity index (χ1v) is 5.14. The Bertz CT molecular complexity index is 526. The number of fused-ring (bicyclic) bond motifs is 1. The van der Waals surface area contributed by atoms with Crippen molar-refractivity contribution in [3.05, 3.63) is 24.4 Å². The number of halogens is 1. The second-order valence-corrected chi connectivity index (χ2v) is 4.61. The number of nitrogens with zero attached hydrogens (tertiary/aromatic N) is 1. The molecular formula is C12H15FN2O. The van der Waals surface area contributed by atoms with E-state index in [1.54, 1.807) is 12.3 Å². The van der Waals surface area contributed by atoms with Crippen molar-refractivity contribution in [2.24, 2.45) is 0 Å². The minimum Gasteiger partial charge on any atom is -0.494 e. The monoisotopic (exact) mass is 222 g/mol. The molecule has 0 aliphatic carbocycles. The van der Waals surface area contributed by atoms with E-state index >= 15 is 0 Å². The third kappa shape index (κ3) is 1.83. The zero-order valence-electron chi connectivity index (χ0n) is 9.37. The number of hydrogen-bond donors (Lipinski definition) is 2. The van der Waals surface area contributed by atoms with Crippen LogP contribution in [0.25, 0.3) is 10.8 Å². The van der Waals surface area contributed by atoms with Crippen molar-refractivity contribution < 1.29 is 9.50 Å². The molecule has 0 fully saturated rings. The molecule has 0 aliphatic heterocycles. The molecule has 0 spiro atoms. The second kappa shape index (κ2) is 3.40. The van der Waals surface area contributed by atoms with Gasteiger partial charge in [-0.1, -0.05) is 12.1 Å². The van der Waals surface area contributed by atoms with Crippen LogP contribution in [-0.4, -0.2) is 15.3 Å². The maximum atomic E-state index is 13.5. The number of nitrogens with two attached hydrogens (primary N) is 1. The van der Waals surface area contributed by atoms with Crippen LogP contribution >= 0.6 is 0 Å². The summed E-state index contributed by atoms with van der Waals surface area (Å²) in [6, 6.07) is 5.36. The van der Waals surface area contributed by atoms with E-state index in [1.807, 2.05) is 12.1 Å². The van der Waals surface area contributed by atoms with E-state index in [0.29, 0.717) is 11.1 Å². The van der Waals surface area contributed by atoms with Crippen molar-refractivity contribution in [2.75, 3.05) is 5.73 Å². The molecule has 0 saturated heterocycles. The maximum absolute atomic E-state index is 13.5. The second-order valence-electron chi connectivity index (χ2n) is 4.61. The van der Waals surface area contributed by atoms with Gasteiger partial charge in [-0.15, -0.1) is 0 Å². The Morgan fingerprint density at radius 3 is 2.69 bits per heavy atom. The van der Waals surface area contributed by atoms with Gasteiger partial charge in [-0.3, -0.25) is 0 Å². The van der Waals surface area contributed by atoms with E-state index in [0.717, 1.165) is 5.39 Å². The number of nitrogen functional groups attached to an aromatic ring is 1. The number of hydrogen-bond acceptors (Lipinski definition) is 2. The van der Waals surface area contributed by atoms with E-state index in [4.69, 9.17) is 5.73 Å². The van der Waals surface area contributed by atoms with Gasteiger partial charge in [0.25, 0.3) is 0 Å². The Morgan fingerprint density at radius 2 is 2.12 bits per heavy atom. The first kappa shape index (κ1) is 10.8. The van der Waals surface area contributed by atoms with Gasteiger partial charge in [-0.25, -0.2) is 4.39 Å². The molecule has 2 aromatic rings. The van der Waals surface area contributed by atoms with Crippen molar-refractivity contribution in [1.82, 2.24) is 4.57 Å². The van der Waals surface area contributed by atoms with Crippen LogP contribution in [0.4, 0.5) is 10.1 Å². The van der Waals surface area contributed by atoms with Crippen LogP contribution < -0.4 is 5.73 Å². The van der Waals surface area contributed by atoms with Gasteiger partial charge in [0.05, 0.1) is 11.9 Å². The number of rotatable bonds is 2. The summed E-state index contributed by atoms with van der Waals surface area (Å²) in [5.74, 6) is 0.0267. The molecule has 3 nitrogen and oxygen atoms in total. The molecule has 4 heteroatoms. The fourth-order valence-corrected chi connectivity index (χ4v) is 1.85. The first-order valence-electron chi connectivity index (χ1n) is 5.14. The van der Waals surface area contributed by atoms with E-state index in [9.17, 15) is 9.50 Å². The van der Waals surface area contributed by atoms with Crippen molar-refractivity contribution in [2.45, 2.75) is 26.1 Å². The van der Waals surface area contributed by atoms with Crippen molar-refractivity contribution >= 4 is 16.5 Å². The number of aromatic nitrogens is 1. The molecule has 0 unspecified atom stereocenters. The van der Waals surface area contributed by atoms with E-state index in [1.165, 1.54) is 18.4 Å². The summed E-state index contributed by atoms with van der Waals surface area (Å²) in [5.41, 5.74) is 4.90. The van der Waals surface area contributed by atoms with Gasteiger partial charge in [0, 0.05) is 17.3 Å². The van der Waals surface area contributed by atoms with Gasteiger partial charge in [-0.2, -0.15) is 0 Å². The Morgan fingerprint density at radius 1 is 1.44 bits per heavy atom. The van der Waals surface area contributed by atoms with Gasteiger partial charge in [-0.05, 0) is 19.9 Å². The molecule has 16 heavy (non-hydrogen) atoms. The summed E-state index contributed by atoms with van der Waals surface area (Å²) in [4.78, 5) is 0. The largest absolute Gasteiger partial charge is 0.494 e. The smallest absolute Gasteiger partial charge is 0.201 e. The molecule has 86 valence electrons. The zero-order valence-corrected chi connectivity index (χ0v) is 9.37. The molecule has 1 heterocycles. The van der Waals surface area contributed by atoms with Gasteiger partial charge in [0.15, 0.2) is 0 Å².